The van der Waals surface area contributed by atoms with E-state index in [1.807, 2.05) is 82.6 Å². The molecule has 2 aromatic rings. The molecule has 5 heterocycles. The van der Waals surface area contributed by atoms with Crippen molar-refractivity contribution in [3.63, 3.8) is 0 Å². The minimum absolute atomic E-state index is 0.0694. The van der Waals surface area contributed by atoms with Gasteiger partial charge in [0.2, 0.25) is 11.8 Å². The first kappa shape index (κ1) is 20.4. The van der Waals surface area contributed by atoms with E-state index in [4.69, 9.17) is 9.47 Å². The van der Waals surface area contributed by atoms with E-state index in [1.165, 1.54) is 0 Å². The molecule has 164 valence electrons. The molecule has 0 radical (unpaired) electrons. The third-order valence-corrected chi connectivity index (χ3v) is 6.65. The maximum Gasteiger partial charge on any atom is 0.232 e. The third-order valence-electron chi connectivity index (χ3n) is 6.65. The van der Waals surface area contributed by atoms with Crippen LogP contribution in [0.2, 0.25) is 0 Å². The number of hydrogen-bond donors (Lipinski definition) is 0. The lowest BCUT2D eigenvalue weighted by atomic mass is 9.78. The van der Waals surface area contributed by atoms with Gasteiger partial charge in [-0.25, -0.2) is 0 Å². The SMILES string of the molecule is COc1ccc(CN2C(=O)[C@@H]3C=C[C@@H]2[C@@H]2C=C[C@@H]3N(Cc3ccc(OC)cc3)C2=O)cc1. The molecular formula is C26H26N2O4. The third kappa shape index (κ3) is 3.45. The Hall–Kier alpha value is -3.54. The van der Waals surface area contributed by atoms with Gasteiger partial charge in [0, 0.05) is 13.1 Å². The molecule has 6 nitrogen and oxygen atoms in total. The quantitative estimate of drug-likeness (QED) is 0.661. The second-order valence-corrected chi connectivity index (χ2v) is 8.43. The van der Waals surface area contributed by atoms with E-state index in [1.54, 1.807) is 14.2 Å². The molecule has 4 atom stereocenters. The Kier molecular flexibility index (Phi) is 5.21. The van der Waals surface area contributed by atoms with Crippen LogP contribution in [0.1, 0.15) is 11.1 Å². The molecule has 0 aromatic heterocycles. The summed E-state index contributed by atoms with van der Waals surface area (Å²) in [5.74, 6) is 0.925. The molecule has 8 rings (SSSR count). The highest BCUT2D eigenvalue weighted by molar-refractivity contribution is 5.91. The van der Waals surface area contributed by atoms with Crippen LogP contribution in [0.25, 0.3) is 0 Å². The Bertz CT molecular complexity index is 987. The van der Waals surface area contributed by atoms with Crippen molar-refractivity contribution in [2.24, 2.45) is 11.8 Å². The van der Waals surface area contributed by atoms with Gasteiger partial charge in [-0.05, 0) is 35.4 Å². The van der Waals surface area contributed by atoms with Gasteiger partial charge >= 0.3 is 0 Å². The van der Waals surface area contributed by atoms with Gasteiger partial charge in [-0.1, -0.05) is 48.6 Å². The topological polar surface area (TPSA) is 59.1 Å². The Balaban J connectivity index is 1.41. The minimum Gasteiger partial charge on any atom is -0.497 e. The fourth-order valence-corrected chi connectivity index (χ4v) is 4.89. The molecular weight excluding hydrogens is 404 g/mol. The van der Waals surface area contributed by atoms with Gasteiger partial charge < -0.3 is 19.3 Å². The summed E-state index contributed by atoms with van der Waals surface area (Å²) >= 11 is 0. The monoisotopic (exact) mass is 430 g/mol. The van der Waals surface area contributed by atoms with Crippen LogP contribution in [-0.4, -0.2) is 47.9 Å². The fourth-order valence-electron chi connectivity index (χ4n) is 4.89. The van der Waals surface area contributed by atoms with Crippen molar-refractivity contribution >= 4 is 11.8 Å². The lowest BCUT2D eigenvalue weighted by Crippen LogP contribution is -2.62. The second kappa shape index (κ2) is 8.19. The standard InChI is InChI=1S/C26H26N2O4/c1-31-19-7-3-17(4-8-19)15-27-23-13-11-22(25(27)29)24-14-12-21(23)26(30)28(24)16-18-5-9-20(32-2)10-6-18/h3-14,21-24H,15-16H2,1-2H3/t21-,22+,23+,24-. The summed E-state index contributed by atoms with van der Waals surface area (Å²) < 4.78 is 10.5. The predicted octanol–water partition coefficient (Wildman–Crippen LogP) is 3.18. The van der Waals surface area contributed by atoms with Crippen LogP contribution >= 0.6 is 0 Å². The number of hydrogen-bond acceptors (Lipinski definition) is 4. The van der Waals surface area contributed by atoms with Crippen molar-refractivity contribution in [1.82, 2.24) is 9.80 Å². The van der Waals surface area contributed by atoms with Gasteiger partial charge in [0.05, 0.1) is 38.1 Å². The Morgan fingerprint density at radius 1 is 0.625 bits per heavy atom. The summed E-state index contributed by atoms with van der Waals surface area (Å²) in [6.45, 7) is 0.939. The maximum atomic E-state index is 13.5. The Morgan fingerprint density at radius 2 is 1.00 bits per heavy atom. The van der Waals surface area contributed by atoms with E-state index in [9.17, 15) is 9.59 Å². The number of amides is 2. The van der Waals surface area contributed by atoms with E-state index in [0.717, 1.165) is 22.6 Å². The highest BCUT2D eigenvalue weighted by Gasteiger charge is 2.49. The molecule has 1 aliphatic carbocycles. The molecule has 0 saturated carbocycles. The highest BCUT2D eigenvalue weighted by atomic mass is 16.5. The number of carbonyl (C=O) groups excluding carboxylic acids is 2. The van der Waals surface area contributed by atoms with Gasteiger partial charge in [-0.3, -0.25) is 9.59 Å². The van der Waals surface area contributed by atoms with Crippen LogP contribution in [0, 0.1) is 11.8 Å². The van der Waals surface area contributed by atoms with Crippen LogP contribution in [-0.2, 0) is 22.7 Å². The fraction of sp³-hybridized carbons (Fsp3) is 0.308. The summed E-state index contributed by atoms with van der Waals surface area (Å²) in [4.78, 5) is 30.8. The van der Waals surface area contributed by atoms with E-state index in [2.05, 4.69) is 0 Å². The number of benzene rings is 2. The van der Waals surface area contributed by atoms with Crippen LogP contribution < -0.4 is 9.47 Å². The molecule has 2 amide bonds. The van der Waals surface area contributed by atoms with Gasteiger partial charge in [0.1, 0.15) is 11.5 Å². The molecule has 1 fully saturated rings. The smallest absolute Gasteiger partial charge is 0.232 e. The first-order valence-corrected chi connectivity index (χ1v) is 10.8. The summed E-state index contributed by atoms with van der Waals surface area (Å²) in [5, 5.41) is 0. The van der Waals surface area contributed by atoms with Crippen molar-refractivity contribution < 1.29 is 19.1 Å². The molecule has 6 aliphatic rings. The summed E-state index contributed by atoms with van der Waals surface area (Å²) in [6.07, 6.45) is 8.07. The molecule has 0 unspecified atom stereocenters. The van der Waals surface area contributed by atoms with Gasteiger partial charge in [-0.15, -0.1) is 0 Å². The van der Waals surface area contributed by atoms with Crippen molar-refractivity contribution in [2.45, 2.75) is 25.2 Å². The number of ether oxygens (including phenoxy) is 2. The highest BCUT2D eigenvalue weighted by Crippen LogP contribution is 2.38. The van der Waals surface area contributed by atoms with Crippen molar-refractivity contribution in [3.05, 3.63) is 84.0 Å². The van der Waals surface area contributed by atoms with Crippen LogP contribution in [0.3, 0.4) is 0 Å². The summed E-state index contributed by atoms with van der Waals surface area (Å²) in [6, 6.07) is 14.9. The van der Waals surface area contributed by atoms with E-state index < -0.39 is 0 Å². The van der Waals surface area contributed by atoms with E-state index in [0.29, 0.717) is 13.1 Å². The first-order chi connectivity index (χ1) is 15.6. The lowest BCUT2D eigenvalue weighted by molar-refractivity contribution is -0.152. The predicted molar refractivity (Wildman–Crippen MR) is 120 cm³/mol. The van der Waals surface area contributed by atoms with Crippen molar-refractivity contribution in [1.29, 1.82) is 0 Å². The van der Waals surface area contributed by atoms with Gasteiger partial charge in [-0.2, -0.15) is 0 Å². The van der Waals surface area contributed by atoms with E-state index >= 15 is 0 Å². The zero-order valence-corrected chi connectivity index (χ0v) is 18.2. The summed E-state index contributed by atoms with van der Waals surface area (Å²) in [7, 11) is 3.26. The molecule has 0 N–H and O–H groups in total. The van der Waals surface area contributed by atoms with E-state index in [-0.39, 0.29) is 35.7 Å². The van der Waals surface area contributed by atoms with Crippen LogP contribution in [0.4, 0.5) is 0 Å². The van der Waals surface area contributed by atoms with Crippen LogP contribution in [0.5, 0.6) is 11.5 Å². The number of nitrogens with zero attached hydrogens (tertiary/aromatic N) is 2. The summed E-state index contributed by atoms with van der Waals surface area (Å²) in [5.41, 5.74) is 2.03. The first-order valence-electron chi connectivity index (χ1n) is 10.8. The molecule has 5 aliphatic heterocycles. The number of rotatable bonds is 6. The Morgan fingerprint density at radius 3 is 1.34 bits per heavy atom. The normalized spacial score (nSPS) is 25.8. The maximum absolute atomic E-state index is 13.5. The number of methoxy groups -OCH3 is 2. The van der Waals surface area contributed by atoms with Crippen LogP contribution in [0.15, 0.2) is 72.8 Å². The average molecular weight is 431 g/mol. The minimum atomic E-state index is -0.385. The van der Waals surface area contributed by atoms with Crippen molar-refractivity contribution in [3.8, 4) is 11.5 Å². The average Bonchev–Trinajstić information content (AvgIpc) is 2.81. The Labute approximate surface area is 187 Å². The van der Waals surface area contributed by atoms with Gasteiger partial charge in [0.25, 0.3) is 0 Å². The van der Waals surface area contributed by atoms with Crippen molar-refractivity contribution in [2.75, 3.05) is 14.2 Å². The zero-order valence-electron chi connectivity index (χ0n) is 18.2. The molecule has 6 heteroatoms. The zero-order chi connectivity index (χ0) is 22.2. The molecule has 0 spiro atoms. The second-order valence-electron chi connectivity index (χ2n) is 8.43. The van der Waals surface area contributed by atoms with Gasteiger partial charge in [0.15, 0.2) is 0 Å². The number of carbonyl (C=O) groups is 2. The molecule has 32 heavy (non-hydrogen) atoms. The molecule has 4 bridgehead atoms. The molecule has 1 saturated heterocycles. The largest absolute Gasteiger partial charge is 0.497 e. The molecule has 2 aromatic carbocycles. The lowest BCUT2D eigenvalue weighted by Gasteiger charge is -2.49.